The van der Waals surface area contributed by atoms with Gasteiger partial charge in [-0.25, -0.2) is 0 Å². The number of anilines is 1. The molecule has 0 aliphatic rings. The largest absolute Gasteiger partial charge is 0.418 e. The molecule has 0 aliphatic carbocycles. The van der Waals surface area contributed by atoms with Crippen molar-refractivity contribution in [2.24, 2.45) is 0 Å². The number of nitrogens with one attached hydrogen (secondary N) is 1. The van der Waals surface area contributed by atoms with E-state index in [1.807, 2.05) is 0 Å². The van der Waals surface area contributed by atoms with Crippen LogP contribution in [0.5, 0.6) is 0 Å². The molecule has 0 radical (unpaired) electrons. The van der Waals surface area contributed by atoms with Crippen LogP contribution in [0.25, 0.3) is 10.8 Å². The minimum Gasteiger partial charge on any atom is -0.321 e. The fraction of sp³-hybridized carbons (Fsp3) is 0.0588. The van der Waals surface area contributed by atoms with Crippen molar-refractivity contribution < 1.29 is 18.0 Å². The van der Waals surface area contributed by atoms with Gasteiger partial charge in [0.05, 0.1) is 11.3 Å². The Balaban J connectivity index is 2.00. The molecule has 0 saturated carbocycles. The fourth-order valence-corrected chi connectivity index (χ4v) is 2.34. The van der Waals surface area contributed by atoms with Gasteiger partial charge in [0, 0.05) is 23.3 Å². The molecule has 3 rings (SSSR count). The maximum absolute atomic E-state index is 13.0. The number of aromatic nitrogens is 1. The number of alkyl halides is 3. The van der Waals surface area contributed by atoms with Gasteiger partial charge in [-0.1, -0.05) is 24.3 Å². The summed E-state index contributed by atoms with van der Waals surface area (Å²) in [5.41, 5.74) is -0.884. The fourth-order valence-electron chi connectivity index (χ4n) is 2.34. The number of amides is 1. The molecule has 3 aromatic rings. The van der Waals surface area contributed by atoms with E-state index in [9.17, 15) is 18.0 Å². The molecule has 0 bridgehead atoms. The first kappa shape index (κ1) is 15.0. The third-order valence-corrected chi connectivity index (χ3v) is 3.41. The van der Waals surface area contributed by atoms with Crippen LogP contribution in [0.15, 0.2) is 60.9 Å². The first-order valence-electron chi connectivity index (χ1n) is 6.77. The van der Waals surface area contributed by atoms with Crippen LogP contribution in [0, 0.1) is 0 Å². The summed E-state index contributed by atoms with van der Waals surface area (Å²) in [4.78, 5) is 16.4. The third-order valence-electron chi connectivity index (χ3n) is 3.41. The number of hydrogen-bond donors (Lipinski definition) is 1. The molecule has 0 fully saturated rings. The van der Waals surface area contributed by atoms with Crippen LogP contribution in [0.1, 0.15) is 15.9 Å². The molecule has 0 aliphatic heterocycles. The highest BCUT2D eigenvalue weighted by Gasteiger charge is 2.33. The molecule has 1 aromatic heterocycles. The quantitative estimate of drug-likeness (QED) is 0.756. The summed E-state index contributed by atoms with van der Waals surface area (Å²) in [6, 6.07) is 11.6. The maximum atomic E-state index is 13.0. The van der Waals surface area contributed by atoms with Crippen LogP contribution < -0.4 is 5.32 Å². The number of carbonyl (C=O) groups is 1. The first-order chi connectivity index (χ1) is 11.0. The smallest absolute Gasteiger partial charge is 0.321 e. The van der Waals surface area contributed by atoms with Gasteiger partial charge < -0.3 is 5.32 Å². The predicted molar refractivity (Wildman–Crippen MR) is 81.1 cm³/mol. The molecular weight excluding hydrogens is 305 g/mol. The SMILES string of the molecule is O=C(Nc1ccccc1C(F)(F)F)c1cccc2ccncc12. The Hall–Kier alpha value is -2.89. The van der Waals surface area contributed by atoms with E-state index in [1.54, 1.807) is 30.5 Å². The van der Waals surface area contributed by atoms with Crippen LogP contribution in [-0.2, 0) is 6.18 Å². The lowest BCUT2D eigenvalue weighted by atomic mass is 10.1. The van der Waals surface area contributed by atoms with Crippen LogP contribution in [0.4, 0.5) is 18.9 Å². The minimum absolute atomic E-state index is 0.271. The second-order valence-corrected chi connectivity index (χ2v) is 4.90. The van der Waals surface area contributed by atoms with Gasteiger partial charge in [-0.2, -0.15) is 13.2 Å². The van der Waals surface area contributed by atoms with Crippen LogP contribution >= 0.6 is 0 Å². The van der Waals surface area contributed by atoms with Gasteiger partial charge in [0.25, 0.3) is 5.91 Å². The summed E-state index contributed by atoms with van der Waals surface area (Å²) < 4.78 is 39.0. The standard InChI is InChI=1S/C17H11F3N2O/c18-17(19,20)14-6-1-2-7-15(14)22-16(23)12-5-3-4-11-8-9-21-10-13(11)12/h1-10H,(H,22,23). The van der Waals surface area contributed by atoms with Gasteiger partial charge >= 0.3 is 6.18 Å². The molecule has 1 heterocycles. The van der Waals surface area contributed by atoms with Crippen molar-refractivity contribution in [1.82, 2.24) is 4.98 Å². The number of para-hydroxylation sites is 1. The summed E-state index contributed by atoms with van der Waals surface area (Å²) in [5.74, 6) is -0.611. The van der Waals surface area contributed by atoms with E-state index in [1.165, 1.54) is 24.4 Å². The van der Waals surface area contributed by atoms with E-state index in [4.69, 9.17) is 0 Å². The molecule has 0 saturated heterocycles. The average Bonchev–Trinajstić information content (AvgIpc) is 2.54. The molecule has 2 aromatic carbocycles. The van der Waals surface area contributed by atoms with E-state index in [2.05, 4.69) is 10.3 Å². The highest BCUT2D eigenvalue weighted by atomic mass is 19.4. The van der Waals surface area contributed by atoms with Crippen LogP contribution in [0.3, 0.4) is 0 Å². The Kier molecular flexibility index (Phi) is 3.73. The first-order valence-corrected chi connectivity index (χ1v) is 6.77. The molecule has 3 nitrogen and oxygen atoms in total. The summed E-state index contributed by atoms with van der Waals surface area (Å²) in [6.07, 6.45) is -1.44. The highest BCUT2D eigenvalue weighted by molar-refractivity contribution is 6.12. The number of fused-ring (bicyclic) bond motifs is 1. The number of rotatable bonds is 2. The van der Waals surface area contributed by atoms with Crippen molar-refractivity contribution >= 4 is 22.4 Å². The molecule has 1 amide bonds. The molecular formula is C17H11F3N2O. The second kappa shape index (κ2) is 5.72. The van der Waals surface area contributed by atoms with E-state index in [0.29, 0.717) is 5.39 Å². The zero-order valence-electron chi connectivity index (χ0n) is 11.8. The van der Waals surface area contributed by atoms with Crippen molar-refractivity contribution in [3.05, 3.63) is 72.1 Å². The highest BCUT2D eigenvalue weighted by Crippen LogP contribution is 2.34. The maximum Gasteiger partial charge on any atom is 0.418 e. The van der Waals surface area contributed by atoms with Gasteiger partial charge in [0.2, 0.25) is 0 Å². The Morgan fingerprint density at radius 3 is 2.57 bits per heavy atom. The van der Waals surface area contributed by atoms with Crippen molar-refractivity contribution in [2.75, 3.05) is 5.32 Å². The van der Waals surface area contributed by atoms with E-state index in [0.717, 1.165) is 11.5 Å². The van der Waals surface area contributed by atoms with Gasteiger partial charge in [-0.3, -0.25) is 9.78 Å². The van der Waals surface area contributed by atoms with Gasteiger partial charge in [0.15, 0.2) is 0 Å². The van der Waals surface area contributed by atoms with E-state index in [-0.39, 0.29) is 11.3 Å². The van der Waals surface area contributed by atoms with Crippen molar-refractivity contribution in [1.29, 1.82) is 0 Å². The average molecular weight is 316 g/mol. The molecule has 23 heavy (non-hydrogen) atoms. The normalized spacial score (nSPS) is 11.4. The minimum atomic E-state index is -4.54. The zero-order valence-corrected chi connectivity index (χ0v) is 11.8. The Bertz CT molecular complexity index is 870. The predicted octanol–water partition coefficient (Wildman–Crippen LogP) is 4.51. The van der Waals surface area contributed by atoms with E-state index >= 15 is 0 Å². The summed E-state index contributed by atoms with van der Waals surface area (Å²) in [6.45, 7) is 0. The summed E-state index contributed by atoms with van der Waals surface area (Å²) >= 11 is 0. The van der Waals surface area contributed by atoms with Crippen LogP contribution in [0.2, 0.25) is 0 Å². The van der Waals surface area contributed by atoms with E-state index < -0.39 is 17.6 Å². The Labute approximate surface area is 129 Å². The molecule has 0 unspecified atom stereocenters. The lowest BCUT2D eigenvalue weighted by Crippen LogP contribution is -2.16. The second-order valence-electron chi connectivity index (χ2n) is 4.90. The number of benzene rings is 2. The summed E-state index contributed by atoms with van der Waals surface area (Å²) in [7, 11) is 0. The Morgan fingerprint density at radius 1 is 1.00 bits per heavy atom. The third kappa shape index (κ3) is 3.01. The monoisotopic (exact) mass is 316 g/mol. The lowest BCUT2D eigenvalue weighted by Gasteiger charge is -2.14. The lowest BCUT2D eigenvalue weighted by molar-refractivity contribution is -0.136. The number of hydrogen-bond acceptors (Lipinski definition) is 2. The number of carbonyl (C=O) groups excluding carboxylic acids is 1. The number of pyridine rings is 1. The van der Waals surface area contributed by atoms with Gasteiger partial charge in [-0.05, 0) is 29.7 Å². The molecule has 116 valence electrons. The zero-order chi connectivity index (χ0) is 16.4. The van der Waals surface area contributed by atoms with Crippen molar-refractivity contribution in [2.45, 2.75) is 6.18 Å². The molecule has 1 N–H and O–H groups in total. The van der Waals surface area contributed by atoms with Gasteiger partial charge in [0.1, 0.15) is 0 Å². The van der Waals surface area contributed by atoms with Crippen LogP contribution in [-0.4, -0.2) is 10.9 Å². The molecule has 6 heteroatoms. The van der Waals surface area contributed by atoms with Crippen molar-refractivity contribution in [3.63, 3.8) is 0 Å². The van der Waals surface area contributed by atoms with Crippen molar-refractivity contribution in [3.8, 4) is 0 Å². The van der Waals surface area contributed by atoms with Gasteiger partial charge in [-0.15, -0.1) is 0 Å². The molecule has 0 atom stereocenters. The molecule has 0 spiro atoms. The summed E-state index contributed by atoms with van der Waals surface area (Å²) in [5, 5.41) is 3.71. The number of nitrogens with zero attached hydrogens (tertiary/aromatic N) is 1. The topological polar surface area (TPSA) is 42.0 Å². The Morgan fingerprint density at radius 2 is 1.78 bits per heavy atom. The number of halogens is 3.